The second-order valence-corrected chi connectivity index (χ2v) is 3.47. The first-order chi connectivity index (χ1) is 7.96. The molecule has 0 aliphatic rings. The number of hydrogen-bond acceptors (Lipinski definition) is 3. The number of likely N-dealkylation sites (N-methyl/N-ethyl adjacent to an activating group) is 1. The Kier molecular flexibility index (Phi) is 4.77. The van der Waals surface area contributed by atoms with E-state index in [0.717, 1.165) is 0 Å². The monoisotopic (exact) mass is 248 g/mol. The molecule has 96 valence electrons. The number of nitrogens with two attached hydrogens (primary N) is 1. The van der Waals surface area contributed by atoms with Crippen molar-refractivity contribution in [3.63, 3.8) is 0 Å². The van der Waals surface area contributed by atoms with Crippen LogP contribution >= 0.6 is 0 Å². The minimum absolute atomic E-state index is 0.170. The molecule has 1 rings (SSSR count). The molecule has 0 saturated carbocycles. The van der Waals surface area contributed by atoms with Crippen LogP contribution in [0.15, 0.2) is 24.3 Å². The molecule has 3 N–H and O–H groups in total. The van der Waals surface area contributed by atoms with Gasteiger partial charge in [0.1, 0.15) is 5.75 Å². The van der Waals surface area contributed by atoms with Gasteiger partial charge in [-0.05, 0) is 24.2 Å². The molecular formula is C11H15F3N2O. The van der Waals surface area contributed by atoms with Crippen LogP contribution in [-0.2, 0) is 0 Å². The zero-order chi connectivity index (χ0) is 12.9. The third-order valence-corrected chi connectivity index (χ3v) is 2.18. The SMILES string of the molecule is CCNC(CN)c1cccc(OC(F)(F)F)c1. The average Bonchev–Trinajstić information content (AvgIpc) is 2.24. The Hall–Kier alpha value is -1.27. The zero-order valence-electron chi connectivity index (χ0n) is 9.42. The van der Waals surface area contributed by atoms with Gasteiger partial charge in [-0.25, -0.2) is 0 Å². The van der Waals surface area contributed by atoms with Crippen LogP contribution in [0.25, 0.3) is 0 Å². The molecule has 1 unspecified atom stereocenters. The van der Waals surface area contributed by atoms with Gasteiger partial charge in [0.25, 0.3) is 0 Å². The highest BCUT2D eigenvalue weighted by Crippen LogP contribution is 2.25. The first-order valence-electron chi connectivity index (χ1n) is 5.25. The van der Waals surface area contributed by atoms with Gasteiger partial charge in [-0.3, -0.25) is 0 Å². The predicted molar refractivity (Wildman–Crippen MR) is 58.6 cm³/mol. The van der Waals surface area contributed by atoms with Gasteiger partial charge in [-0.1, -0.05) is 19.1 Å². The summed E-state index contributed by atoms with van der Waals surface area (Å²) in [6, 6.07) is 5.65. The molecule has 0 aromatic heterocycles. The molecule has 1 aromatic carbocycles. The standard InChI is InChI=1S/C11H15F3N2O/c1-2-16-10(7-15)8-4-3-5-9(6-8)17-11(12,13)14/h3-6,10,16H,2,7,15H2,1H3. The van der Waals surface area contributed by atoms with E-state index in [1.54, 1.807) is 6.07 Å². The third kappa shape index (κ3) is 4.62. The van der Waals surface area contributed by atoms with Crippen molar-refractivity contribution in [1.82, 2.24) is 5.32 Å². The summed E-state index contributed by atoms with van der Waals surface area (Å²) >= 11 is 0. The van der Waals surface area contributed by atoms with Crippen molar-refractivity contribution in [2.45, 2.75) is 19.3 Å². The van der Waals surface area contributed by atoms with Crippen molar-refractivity contribution in [3.05, 3.63) is 29.8 Å². The van der Waals surface area contributed by atoms with E-state index in [2.05, 4.69) is 10.1 Å². The number of ether oxygens (including phenoxy) is 1. The van der Waals surface area contributed by atoms with Crippen molar-refractivity contribution in [1.29, 1.82) is 0 Å². The summed E-state index contributed by atoms with van der Waals surface area (Å²) in [5.74, 6) is -0.230. The van der Waals surface area contributed by atoms with E-state index in [0.29, 0.717) is 18.7 Å². The maximum Gasteiger partial charge on any atom is 0.573 e. The Morgan fingerprint density at radius 2 is 2.12 bits per heavy atom. The second-order valence-electron chi connectivity index (χ2n) is 3.47. The van der Waals surface area contributed by atoms with Crippen LogP contribution in [0.5, 0.6) is 5.75 Å². The molecule has 6 heteroatoms. The summed E-state index contributed by atoms with van der Waals surface area (Å²) in [5.41, 5.74) is 6.22. The molecular weight excluding hydrogens is 233 g/mol. The predicted octanol–water partition coefficient (Wildman–Crippen LogP) is 2.19. The number of hydrogen-bond donors (Lipinski definition) is 2. The Labute approximate surface area is 97.8 Å². The first-order valence-corrected chi connectivity index (χ1v) is 5.25. The fourth-order valence-corrected chi connectivity index (χ4v) is 1.51. The maximum absolute atomic E-state index is 12.0. The molecule has 0 radical (unpaired) electrons. The fourth-order valence-electron chi connectivity index (χ4n) is 1.51. The fraction of sp³-hybridized carbons (Fsp3) is 0.455. The number of benzene rings is 1. The van der Waals surface area contributed by atoms with Crippen LogP contribution in [0.2, 0.25) is 0 Å². The summed E-state index contributed by atoms with van der Waals surface area (Å²) in [6.07, 6.45) is -4.67. The molecule has 0 bridgehead atoms. The Bertz CT molecular complexity index is 355. The largest absolute Gasteiger partial charge is 0.573 e. The highest BCUT2D eigenvalue weighted by atomic mass is 19.4. The van der Waals surface area contributed by atoms with Gasteiger partial charge in [0.05, 0.1) is 0 Å². The minimum atomic E-state index is -4.67. The molecule has 0 amide bonds. The van der Waals surface area contributed by atoms with Gasteiger partial charge in [-0.2, -0.15) is 0 Å². The highest BCUT2D eigenvalue weighted by molar-refractivity contribution is 5.31. The molecule has 0 aliphatic carbocycles. The molecule has 0 aliphatic heterocycles. The maximum atomic E-state index is 12.0. The number of alkyl halides is 3. The summed E-state index contributed by atoms with van der Waals surface area (Å²) in [6.45, 7) is 2.90. The Balaban J connectivity index is 2.84. The lowest BCUT2D eigenvalue weighted by Gasteiger charge is -2.17. The first kappa shape index (κ1) is 13.8. The van der Waals surface area contributed by atoms with E-state index in [4.69, 9.17) is 5.73 Å². The van der Waals surface area contributed by atoms with Gasteiger partial charge in [0.2, 0.25) is 0 Å². The number of halogens is 3. The van der Waals surface area contributed by atoms with Gasteiger partial charge >= 0.3 is 6.36 Å². The highest BCUT2D eigenvalue weighted by Gasteiger charge is 2.31. The molecule has 0 heterocycles. The zero-order valence-corrected chi connectivity index (χ0v) is 9.42. The molecule has 1 aromatic rings. The summed E-state index contributed by atoms with van der Waals surface area (Å²) in [4.78, 5) is 0. The summed E-state index contributed by atoms with van der Waals surface area (Å²) in [7, 11) is 0. The lowest BCUT2D eigenvalue weighted by molar-refractivity contribution is -0.274. The number of nitrogens with one attached hydrogen (secondary N) is 1. The summed E-state index contributed by atoms with van der Waals surface area (Å²) < 4.78 is 40.0. The molecule has 0 saturated heterocycles. The minimum Gasteiger partial charge on any atom is -0.406 e. The molecule has 1 atom stereocenters. The summed E-state index contributed by atoms with van der Waals surface area (Å²) in [5, 5.41) is 3.08. The van der Waals surface area contributed by atoms with Crippen molar-refractivity contribution >= 4 is 0 Å². The van der Waals surface area contributed by atoms with E-state index in [9.17, 15) is 13.2 Å². The quantitative estimate of drug-likeness (QED) is 0.839. The van der Waals surface area contributed by atoms with Crippen molar-refractivity contribution < 1.29 is 17.9 Å². The van der Waals surface area contributed by atoms with Crippen LogP contribution in [0, 0.1) is 0 Å². The normalized spacial score (nSPS) is 13.5. The second kappa shape index (κ2) is 5.88. The van der Waals surface area contributed by atoms with E-state index < -0.39 is 6.36 Å². The van der Waals surface area contributed by atoms with Gasteiger partial charge < -0.3 is 15.8 Å². The van der Waals surface area contributed by atoms with Crippen molar-refractivity contribution in [2.24, 2.45) is 5.73 Å². The van der Waals surface area contributed by atoms with Crippen LogP contribution in [0.4, 0.5) is 13.2 Å². The van der Waals surface area contributed by atoms with E-state index in [-0.39, 0.29) is 11.8 Å². The molecule has 17 heavy (non-hydrogen) atoms. The lowest BCUT2D eigenvalue weighted by atomic mass is 10.1. The van der Waals surface area contributed by atoms with Gasteiger partial charge in [0.15, 0.2) is 0 Å². The van der Waals surface area contributed by atoms with E-state index in [1.165, 1.54) is 18.2 Å². The topological polar surface area (TPSA) is 47.3 Å². The molecule has 3 nitrogen and oxygen atoms in total. The van der Waals surface area contributed by atoms with Crippen LogP contribution in [-0.4, -0.2) is 19.5 Å². The average molecular weight is 248 g/mol. The Morgan fingerprint density at radius 1 is 1.41 bits per heavy atom. The lowest BCUT2D eigenvalue weighted by Crippen LogP contribution is -2.28. The molecule has 0 fully saturated rings. The van der Waals surface area contributed by atoms with E-state index >= 15 is 0 Å². The van der Waals surface area contributed by atoms with E-state index in [1.807, 2.05) is 6.92 Å². The smallest absolute Gasteiger partial charge is 0.406 e. The Morgan fingerprint density at radius 3 is 2.65 bits per heavy atom. The van der Waals surface area contributed by atoms with Crippen LogP contribution < -0.4 is 15.8 Å². The van der Waals surface area contributed by atoms with Crippen LogP contribution in [0.3, 0.4) is 0 Å². The molecule has 0 spiro atoms. The third-order valence-electron chi connectivity index (χ3n) is 2.18. The number of rotatable bonds is 5. The van der Waals surface area contributed by atoms with Gasteiger partial charge in [0, 0.05) is 12.6 Å². The van der Waals surface area contributed by atoms with Crippen molar-refractivity contribution in [2.75, 3.05) is 13.1 Å². The van der Waals surface area contributed by atoms with Crippen LogP contribution in [0.1, 0.15) is 18.5 Å². The van der Waals surface area contributed by atoms with Gasteiger partial charge in [-0.15, -0.1) is 13.2 Å². The van der Waals surface area contributed by atoms with Crippen molar-refractivity contribution in [3.8, 4) is 5.75 Å².